The predicted molar refractivity (Wildman–Crippen MR) is 65.4 cm³/mol. The monoisotopic (exact) mass is 235 g/mol. The lowest BCUT2D eigenvalue weighted by Crippen LogP contribution is -2.03. The van der Waals surface area contributed by atoms with Crippen molar-refractivity contribution in [2.24, 2.45) is 22.4 Å². The van der Waals surface area contributed by atoms with Gasteiger partial charge in [-0.05, 0) is 23.8 Å². The maximum Gasteiger partial charge on any atom is 0.307 e. The van der Waals surface area contributed by atoms with Crippen molar-refractivity contribution in [2.75, 3.05) is 6.61 Å². The lowest BCUT2D eigenvalue weighted by Gasteiger charge is -1.97. The van der Waals surface area contributed by atoms with Crippen LogP contribution in [0.3, 0.4) is 0 Å². The standard InChI is InChI=1S/C13H17NO3/c1-5-6-17-14-8-9(2)7-10-11(12(15)16)13(10,3)4/h1,7-8,10-11H,6H2,2-4H3,(H,15,16)/b9-7+,14-8+. The quantitative estimate of drug-likeness (QED) is 0.343. The van der Waals surface area contributed by atoms with E-state index >= 15 is 0 Å². The van der Waals surface area contributed by atoms with E-state index in [0.29, 0.717) is 0 Å². The predicted octanol–water partition coefficient (Wildman–Crippen LogP) is 1.93. The van der Waals surface area contributed by atoms with Crippen LogP contribution in [0.15, 0.2) is 16.8 Å². The van der Waals surface area contributed by atoms with Gasteiger partial charge >= 0.3 is 5.97 Å². The van der Waals surface area contributed by atoms with Crippen LogP contribution in [0.2, 0.25) is 0 Å². The van der Waals surface area contributed by atoms with Crippen LogP contribution < -0.4 is 0 Å². The molecule has 0 aromatic rings. The molecule has 1 fully saturated rings. The van der Waals surface area contributed by atoms with E-state index in [2.05, 4.69) is 11.1 Å². The van der Waals surface area contributed by atoms with Gasteiger partial charge in [0.05, 0.1) is 12.1 Å². The maximum atomic E-state index is 11.0. The van der Waals surface area contributed by atoms with Gasteiger partial charge in [0.15, 0.2) is 6.61 Å². The van der Waals surface area contributed by atoms with Crippen LogP contribution in [0.25, 0.3) is 0 Å². The summed E-state index contributed by atoms with van der Waals surface area (Å²) in [5.41, 5.74) is 0.699. The second kappa shape index (κ2) is 5.05. The number of carboxylic acid groups (broad SMARTS) is 1. The van der Waals surface area contributed by atoms with Crippen molar-refractivity contribution in [3.63, 3.8) is 0 Å². The molecule has 0 heterocycles. The van der Waals surface area contributed by atoms with Gasteiger partial charge in [0, 0.05) is 0 Å². The minimum atomic E-state index is -0.746. The van der Waals surface area contributed by atoms with Crippen molar-refractivity contribution >= 4 is 12.2 Å². The number of nitrogens with zero attached hydrogens (tertiary/aromatic N) is 1. The smallest absolute Gasteiger partial charge is 0.307 e. The number of terminal acetylenes is 1. The number of allylic oxidation sites excluding steroid dienone is 2. The van der Waals surface area contributed by atoms with Crippen LogP contribution in [0, 0.1) is 29.6 Å². The molecule has 1 saturated carbocycles. The third-order valence-corrected chi connectivity index (χ3v) is 3.10. The highest BCUT2D eigenvalue weighted by molar-refractivity contribution is 5.80. The van der Waals surface area contributed by atoms with Gasteiger partial charge in [0.2, 0.25) is 0 Å². The normalized spacial score (nSPS) is 26.6. The van der Waals surface area contributed by atoms with Crippen molar-refractivity contribution < 1.29 is 14.7 Å². The zero-order valence-corrected chi connectivity index (χ0v) is 10.3. The highest BCUT2D eigenvalue weighted by Gasteiger charge is 2.60. The van der Waals surface area contributed by atoms with E-state index < -0.39 is 5.97 Å². The zero-order valence-electron chi connectivity index (χ0n) is 10.3. The third-order valence-electron chi connectivity index (χ3n) is 3.10. The second-order valence-corrected chi connectivity index (χ2v) is 4.79. The van der Waals surface area contributed by atoms with Crippen LogP contribution in [-0.2, 0) is 9.63 Å². The van der Waals surface area contributed by atoms with E-state index in [1.807, 2.05) is 26.8 Å². The summed E-state index contributed by atoms with van der Waals surface area (Å²) < 4.78 is 0. The summed E-state index contributed by atoms with van der Waals surface area (Å²) in [4.78, 5) is 15.7. The van der Waals surface area contributed by atoms with Gasteiger partial charge in [-0.15, -0.1) is 6.42 Å². The fourth-order valence-corrected chi connectivity index (χ4v) is 1.98. The molecule has 1 aliphatic carbocycles. The summed E-state index contributed by atoms with van der Waals surface area (Å²) in [5, 5.41) is 12.7. The van der Waals surface area contributed by atoms with Gasteiger partial charge in [-0.1, -0.05) is 31.0 Å². The molecule has 1 N–H and O–H groups in total. The fraction of sp³-hybridized carbons (Fsp3) is 0.538. The number of carboxylic acids is 1. The Hall–Kier alpha value is -1.76. The molecule has 2 atom stereocenters. The molecule has 0 bridgehead atoms. The van der Waals surface area contributed by atoms with Gasteiger partial charge in [-0.25, -0.2) is 0 Å². The Bertz CT molecular complexity index is 401. The van der Waals surface area contributed by atoms with Crippen LogP contribution >= 0.6 is 0 Å². The van der Waals surface area contributed by atoms with Crippen molar-refractivity contribution in [3.8, 4) is 12.3 Å². The molecule has 1 aliphatic rings. The molecular weight excluding hydrogens is 218 g/mol. The van der Waals surface area contributed by atoms with E-state index in [1.54, 1.807) is 6.21 Å². The van der Waals surface area contributed by atoms with Crippen molar-refractivity contribution in [1.82, 2.24) is 0 Å². The molecule has 92 valence electrons. The summed E-state index contributed by atoms with van der Waals surface area (Å²) in [6, 6.07) is 0. The number of aliphatic carboxylic acids is 1. The van der Waals surface area contributed by atoms with Crippen molar-refractivity contribution in [1.29, 1.82) is 0 Å². The lowest BCUT2D eigenvalue weighted by molar-refractivity contribution is -0.139. The van der Waals surface area contributed by atoms with Crippen LogP contribution in [-0.4, -0.2) is 23.9 Å². The van der Waals surface area contributed by atoms with E-state index in [1.165, 1.54) is 0 Å². The number of carbonyl (C=O) groups is 1. The molecule has 0 aromatic carbocycles. The first-order valence-corrected chi connectivity index (χ1v) is 5.41. The van der Waals surface area contributed by atoms with Gasteiger partial charge in [-0.2, -0.15) is 0 Å². The largest absolute Gasteiger partial charge is 0.481 e. The molecule has 0 aromatic heterocycles. The Kier molecular flexibility index (Phi) is 3.95. The Morgan fingerprint density at radius 3 is 2.76 bits per heavy atom. The molecule has 0 spiro atoms. The molecule has 1 rings (SSSR count). The van der Waals surface area contributed by atoms with E-state index in [9.17, 15) is 4.79 Å². The topological polar surface area (TPSA) is 58.9 Å². The first-order valence-electron chi connectivity index (χ1n) is 5.41. The average molecular weight is 235 g/mol. The zero-order chi connectivity index (χ0) is 13.1. The van der Waals surface area contributed by atoms with Gasteiger partial charge in [0.1, 0.15) is 0 Å². The lowest BCUT2D eigenvalue weighted by atomic mass is 10.1. The molecule has 0 saturated heterocycles. The van der Waals surface area contributed by atoms with Gasteiger partial charge in [0.25, 0.3) is 0 Å². The first kappa shape index (κ1) is 13.3. The summed E-state index contributed by atoms with van der Waals surface area (Å²) >= 11 is 0. The Balaban J connectivity index is 2.57. The minimum absolute atomic E-state index is 0.0547. The molecule has 2 unspecified atom stereocenters. The Morgan fingerprint density at radius 2 is 2.29 bits per heavy atom. The molecule has 4 heteroatoms. The molecule has 0 aliphatic heterocycles. The highest BCUT2D eigenvalue weighted by Crippen LogP contribution is 2.59. The fourth-order valence-electron chi connectivity index (χ4n) is 1.98. The molecule has 4 nitrogen and oxygen atoms in total. The second-order valence-electron chi connectivity index (χ2n) is 4.79. The van der Waals surface area contributed by atoms with E-state index in [-0.39, 0.29) is 23.9 Å². The van der Waals surface area contributed by atoms with E-state index in [4.69, 9.17) is 16.4 Å². The first-order chi connectivity index (χ1) is 7.91. The van der Waals surface area contributed by atoms with Gasteiger partial charge in [-0.3, -0.25) is 4.79 Å². The molecular formula is C13H17NO3. The molecule has 0 radical (unpaired) electrons. The van der Waals surface area contributed by atoms with Crippen LogP contribution in [0.4, 0.5) is 0 Å². The van der Waals surface area contributed by atoms with Crippen LogP contribution in [0.5, 0.6) is 0 Å². The highest BCUT2D eigenvalue weighted by atomic mass is 16.6. The number of rotatable bonds is 5. The Labute approximate surface area is 101 Å². The molecule has 17 heavy (non-hydrogen) atoms. The Morgan fingerprint density at radius 1 is 1.65 bits per heavy atom. The summed E-state index contributed by atoms with van der Waals surface area (Å²) in [5.74, 6) is 1.30. The van der Waals surface area contributed by atoms with Crippen LogP contribution in [0.1, 0.15) is 20.8 Å². The minimum Gasteiger partial charge on any atom is -0.481 e. The van der Waals surface area contributed by atoms with Crippen molar-refractivity contribution in [2.45, 2.75) is 20.8 Å². The maximum absolute atomic E-state index is 11.0. The summed E-state index contributed by atoms with van der Waals surface area (Å²) in [6.07, 6.45) is 8.46. The third kappa shape index (κ3) is 3.10. The number of oxime groups is 1. The summed E-state index contributed by atoms with van der Waals surface area (Å²) in [7, 11) is 0. The van der Waals surface area contributed by atoms with Crippen molar-refractivity contribution in [3.05, 3.63) is 11.6 Å². The van der Waals surface area contributed by atoms with Gasteiger partial charge < -0.3 is 9.94 Å². The van der Waals surface area contributed by atoms with E-state index in [0.717, 1.165) is 5.57 Å². The summed E-state index contributed by atoms with van der Waals surface area (Å²) in [6.45, 7) is 5.89. The SMILES string of the molecule is C#CCO/N=C/C(C)=C/C1C(C(=O)O)C1(C)C. The number of hydrogen-bond acceptors (Lipinski definition) is 3. The molecule has 0 amide bonds. The average Bonchev–Trinajstić information content (AvgIpc) is 2.75. The number of hydrogen-bond donors (Lipinski definition) is 1.